The number of benzene rings is 2. The van der Waals surface area contributed by atoms with Gasteiger partial charge in [-0.25, -0.2) is 13.2 Å². The van der Waals surface area contributed by atoms with E-state index in [1.807, 2.05) is 0 Å². The number of carbonyl (C=O) groups excluding carboxylic acids is 2. The number of nitrogens with zero attached hydrogens (tertiary/aromatic N) is 1. The number of Topliss-reactive ketones (excluding diaryl/α,β-unsaturated/α-hetero) is 2. The van der Waals surface area contributed by atoms with Crippen LogP contribution in [-0.2, 0) is 29.8 Å². The summed E-state index contributed by atoms with van der Waals surface area (Å²) in [7, 11) is -3.80. The van der Waals surface area contributed by atoms with E-state index >= 15 is 0 Å². The lowest BCUT2D eigenvalue weighted by molar-refractivity contribution is -0.150. The van der Waals surface area contributed by atoms with Crippen molar-refractivity contribution in [2.24, 2.45) is 0 Å². The van der Waals surface area contributed by atoms with Crippen LogP contribution in [0.2, 0.25) is 5.02 Å². The predicted molar refractivity (Wildman–Crippen MR) is 110 cm³/mol. The maximum atomic E-state index is 13.0. The summed E-state index contributed by atoms with van der Waals surface area (Å²) in [5.41, 5.74) is -0.472. The Hall–Kier alpha value is -2.55. The van der Waals surface area contributed by atoms with Crippen molar-refractivity contribution in [2.75, 3.05) is 13.1 Å². The first-order chi connectivity index (χ1) is 14.2. The Bertz CT molecular complexity index is 1080. The first-order valence-corrected chi connectivity index (χ1v) is 11.1. The number of hydrogen-bond donors (Lipinski definition) is 1. The molecule has 0 aromatic heterocycles. The summed E-state index contributed by atoms with van der Waals surface area (Å²) in [4.78, 5) is 35.7. The first kappa shape index (κ1) is 22.1. The second kappa shape index (κ2) is 8.67. The van der Waals surface area contributed by atoms with Crippen LogP contribution in [0.4, 0.5) is 0 Å². The molecule has 7 nitrogen and oxygen atoms in total. The highest BCUT2D eigenvalue weighted by molar-refractivity contribution is 7.89. The topological polar surface area (TPSA) is 109 Å². The number of sulfonamides is 1. The molecule has 1 aliphatic heterocycles. The van der Waals surface area contributed by atoms with Crippen LogP contribution in [-0.4, -0.2) is 48.5 Å². The van der Waals surface area contributed by atoms with Crippen molar-refractivity contribution in [1.29, 1.82) is 0 Å². The molecular weight excluding hydrogens is 430 g/mol. The van der Waals surface area contributed by atoms with Crippen LogP contribution in [0.5, 0.6) is 0 Å². The fourth-order valence-corrected chi connectivity index (χ4v) is 5.50. The molecule has 2 aromatic carbocycles. The second-order valence-electron chi connectivity index (χ2n) is 7.14. The van der Waals surface area contributed by atoms with Crippen LogP contribution >= 0.6 is 11.6 Å². The number of carboxylic acids is 1. The van der Waals surface area contributed by atoms with Crippen molar-refractivity contribution in [3.05, 3.63) is 65.2 Å². The van der Waals surface area contributed by atoms with Crippen molar-refractivity contribution in [3.63, 3.8) is 0 Å². The van der Waals surface area contributed by atoms with Crippen molar-refractivity contribution in [2.45, 2.75) is 29.6 Å². The second-order valence-corrected chi connectivity index (χ2v) is 9.51. The Labute approximate surface area is 179 Å². The summed E-state index contributed by atoms with van der Waals surface area (Å²) in [5.74, 6) is -3.35. The van der Waals surface area contributed by atoms with Crippen LogP contribution in [0.3, 0.4) is 0 Å². The Morgan fingerprint density at radius 2 is 1.63 bits per heavy atom. The van der Waals surface area contributed by atoms with Gasteiger partial charge in [0.15, 0.2) is 5.78 Å². The number of halogens is 1. The summed E-state index contributed by atoms with van der Waals surface area (Å²) >= 11 is 5.92. The number of piperidine rings is 1. The SMILES string of the molecule is O=C(O)C(=O)CC(=O)C1(c2ccccc2)CCN(S(=O)(=O)c2cccc(Cl)c2)CC1. The van der Waals surface area contributed by atoms with Crippen LogP contribution < -0.4 is 0 Å². The highest BCUT2D eigenvalue weighted by Gasteiger charge is 2.45. The molecule has 0 amide bonds. The molecule has 1 heterocycles. The Morgan fingerprint density at radius 3 is 2.20 bits per heavy atom. The molecule has 158 valence electrons. The molecule has 0 atom stereocenters. The lowest BCUT2D eigenvalue weighted by Gasteiger charge is -2.40. The molecule has 1 saturated heterocycles. The monoisotopic (exact) mass is 449 g/mol. The third-order valence-corrected chi connectivity index (χ3v) is 7.56. The van der Waals surface area contributed by atoms with E-state index in [0.717, 1.165) is 0 Å². The number of hydrogen-bond acceptors (Lipinski definition) is 5. The van der Waals surface area contributed by atoms with Gasteiger partial charge in [0.2, 0.25) is 15.8 Å². The Balaban J connectivity index is 1.89. The summed E-state index contributed by atoms with van der Waals surface area (Å²) < 4.78 is 27.2. The van der Waals surface area contributed by atoms with Gasteiger partial charge in [-0.3, -0.25) is 9.59 Å². The largest absolute Gasteiger partial charge is 0.475 e. The van der Waals surface area contributed by atoms with E-state index in [1.165, 1.54) is 16.4 Å². The van der Waals surface area contributed by atoms with E-state index in [0.29, 0.717) is 10.6 Å². The minimum absolute atomic E-state index is 0.0523. The highest BCUT2D eigenvalue weighted by Crippen LogP contribution is 2.39. The molecule has 3 rings (SSSR count). The Morgan fingerprint density at radius 1 is 1.00 bits per heavy atom. The van der Waals surface area contributed by atoms with Gasteiger partial charge in [0.1, 0.15) is 0 Å². The molecule has 0 aliphatic carbocycles. The number of rotatable bonds is 7. The lowest BCUT2D eigenvalue weighted by atomic mass is 9.69. The van der Waals surface area contributed by atoms with Gasteiger partial charge in [-0.05, 0) is 36.6 Å². The minimum Gasteiger partial charge on any atom is -0.475 e. The molecule has 0 spiro atoms. The summed E-state index contributed by atoms with van der Waals surface area (Å²) in [6, 6.07) is 14.7. The van der Waals surface area contributed by atoms with Gasteiger partial charge in [0.05, 0.1) is 16.7 Å². The van der Waals surface area contributed by atoms with Gasteiger partial charge in [0.25, 0.3) is 0 Å². The zero-order valence-corrected chi connectivity index (χ0v) is 17.5. The molecule has 2 aromatic rings. The zero-order chi connectivity index (χ0) is 21.9. The molecule has 1 fully saturated rings. The minimum atomic E-state index is -3.80. The Kier molecular flexibility index (Phi) is 6.40. The smallest absolute Gasteiger partial charge is 0.372 e. The quantitative estimate of drug-likeness (QED) is 0.514. The van der Waals surface area contributed by atoms with E-state index in [1.54, 1.807) is 42.5 Å². The number of carbonyl (C=O) groups is 3. The van der Waals surface area contributed by atoms with Gasteiger partial charge in [0, 0.05) is 18.1 Å². The molecular formula is C21H20ClNO6S. The lowest BCUT2D eigenvalue weighted by Crippen LogP contribution is -2.49. The van der Waals surface area contributed by atoms with Gasteiger partial charge < -0.3 is 5.11 Å². The molecule has 0 saturated carbocycles. The van der Waals surface area contributed by atoms with E-state index in [2.05, 4.69) is 0 Å². The first-order valence-electron chi connectivity index (χ1n) is 9.27. The summed E-state index contributed by atoms with van der Waals surface area (Å²) in [6.07, 6.45) is -0.448. The summed E-state index contributed by atoms with van der Waals surface area (Å²) in [5, 5.41) is 9.18. The van der Waals surface area contributed by atoms with Crippen molar-refractivity contribution >= 4 is 39.2 Å². The van der Waals surface area contributed by atoms with E-state index in [9.17, 15) is 22.8 Å². The van der Waals surface area contributed by atoms with Crippen LogP contribution in [0.25, 0.3) is 0 Å². The fourth-order valence-electron chi connectivity index (χ4n) is 3.76. The van der Waals surface area contributed by atoms with Gasteiger partial charge in [-0.2, -0.15) is 4.31 Å². The third-order valence-electron chi connectivity index (χ3n) is 5.43. The van der Waals surface area contributed by atoms with Gasteiger partial charge in [-0.1, -0.05) is 48.0 Å². The number of aliphatic carboxylic acids is 1. The average Bonchev–Trinajstić information content (AvgIpc) is 2.74. The van der Waals surface area contributed by atoms with Gasteiger partial charge >= 0.3 is 5.97 Å². The van der Waals surface area contributed by atoms with E-state index < -0.39 is 39.4 Å². The summed E-state index contributed by atoms with van der Waals surface area (Å²) in [6.45, 7) is 0.105. The van der Waals surface area contributed by atoms with Crippen LogP contribution in [0.15, 0.2) is 59.5 Å². The van der Waals surface area contributed by atoms with E-state index in [4.69, 9.17) is 16.7 Å². The zero-order valence-electron chi connectivity index (χ0n) is 16.0. The van der Waals surface area contributed by atoms with E-state index in [-0.39, 0.29) is 30.8 Å². The van der Waals surface area contributed by atoms with Crippen molar-refractivity contribution in [1.82, 2.24) is 4.31 Å². The van der Waals surface area contributed by atoms with Crippen molar-refractivity contribution < 1.29 is 27.9 Å². The fraction of sp³-hybridized carbons (Fsp3) is 0.286. The normalized spacial score (nSPS) is 16.7. The van der Waals surface area contributed by atoms with Crippen molar-refractivity contribution in [3.8, 4) is 0 Å². The standard InChI is InChI=1S/C21H20ClNO6S/c22-16-7-4-8-17(13-16)30(28,29)23-11-9-21(10-12-23,15-5-2-1-3-6-15)19(25)14-18(24)20(26)27/h1-8,13H,9-12,14H2,(H,26,27). The molecule has 9 heteroatoms. The number of ketones is 2. The maximum absolute atomic E-state index is 13.0. The third kappa shape index (κ3) is 4.30. The predicted octanol–water partition coefficient (Wildman–Crippen LogP) is 2.68. The van der Waals surface area contributed by atoms with Gasteiger partial charge in [-0.15, -0.1) is 0 Å². The van der Waals surface area contributed by atoms with Crippen LogP contribution in [0, 0.1) is 0 Å². The molecule has 0 unspecified atom stereocenters. The molecule has 30 heavy (non-hydrogen) atoms. The highest BCUT2D eigenvalue weighted by atomic mass is 35.5. The molecule has 0 bridgehead atoms. The average molecular weight is 450 g/mol. The number of carboxylic acid groups (broad SMARTS) is 1. The molecule has 1 N–H and O–H groups in total. The molecule has 0 radical (unpaired) electrons. The molecule has 1 aliphatic rings. The maximum Gasteiger partial charge on any atom is 0.372 e. The van der Waals surface area contributed by atoms with Crippen LogP contribution in [0.1, 0.15) is 24.8 Å².